The zero-order valence-electron chi connectivity index (χ0n) is 13.9. The van der Waals surface area contributed by atoms with Crippen molar-refractivity contribution in [1.82, 2.24) is 10.2 Å². The van der Waals surface area contributed by atoms with E-state index in [1.807, 2.05) is 67.4 Å². The van der Waals surface area contributed by atoms with Gasteiger partial charge in [0.25, 0.3) is 5.91 Å². The van der Waals surface area contributed by atoms with Crippen molar-refractivity contribution in [2.24, 2.45) is 0 Å². The predicted molar refractivity (Wildman–Crippen MR) is 103 cm³/mol. The summed E-state index contributed by atoms with van der Waals surface area (Å²) in [6.45, 7) is 1.97. The first-order valence-electron chi connectivity index (χ1n) is 7.74. The maximum atomic E-state index is 12.3. The lowest BCUT2D eigenvalue weighted by atomic mass is 10.2. The van der Waals surface area contributed by atoms with Crippen LogP contribution in [-0.4, -0.2) is 23.2 Å². The first kappa shape index (κ1) is 17.1. The van der Waals surface area contributed by atoms with Crippen molar-refractivity contribution in [3.63, 3.8) is 0 Å². The van der Waals surface area contributed by atoms with Gasteiger partial charge in [0.2, 0.25) is 0 Å². The van der Waals surface area contributed by atoms with Crippen LogP contribution in [0.25, 0.3) is 0 Å². The number of hydrogen-bond donors (Lipinski definition) is 1. The molecule has 3 rings (SSSR count). The van der Waals surface area contributed by atoms with Crippen molar-refractivity contribution in [2.75, 3.05) is 17.3 Å². The van der Waals surface area contributed by atoms with Crippen LogP contribution >= 0.6 is 15.9 Å². The normalized spacial score (nSPS) is 10.4. The topological polar surface area (TPSA) is 58.1 Å². The number of amides is 1. The molecule has 1 N–H and O–H groups in total. The Labute approximate surface area is 154 Å². The molecule has 5 nitrogen and oxygen atoms in total. The summed E-state index contributed by atoms with van der Waals surface area (Å²) in [5.74, 6) is 0.380. The van der Waals surface area contributed by atoms with Crippen LogP contribution in [0.5, 0.6) is 0 Å². The Morgan fingerprint density at radius 2 is 1.80 bits per heavy atom. The van der Waals surface area contributed by atoms with E-state index in [1.165, 1.54) is 0 Å². The molecule has 0 aliphatic heterocycles. The van der Waals surface area contributed by atoms with E-state index in [0.717, 1.165) is 21.4 Å². The fourth-order valence-corrected chi connectivity index (χ4v) is 2.57. The molecule has 6 heteroatoms. The highest BCUT2D eigenvalue weighted by Crippen LogP contribution is 2.22. The molecule has 1 amide bonds. The standard InChI is InChI=1S/C19H17BrN4O/c1-13-12-14(8-9-16(13)20)21-19(25)17-10-11-18(23-22-17)24(2)15-6-4-3-5-7-15/h3-12H,1-2H3,(H,21,25). The highest BCUT2D eigenvalue weighted by Gasteiger charge is 2.11. The van der Waals surface area contributed by atoms with Gasteiger partial charge in [-0.2, -0.15) is 0 Å². The van der Waals surface area contributed by atoms with Gasteiger partial charge in [0.05, 0.1) is 0 Å². The SMILES string of the molecule is Cc1cc(NC(=O)c2ccc(N(C)c3ccccc3)nn2)ccc1Br. The maximum Gasteiger partial charge on any atom is 0.276 e. The van der Waals surface area contributed by atoms with Gasteiger partial charge in [0.15, 0.2) is 11.5 Å². The van der Waals surface area contributed by atoms with Crippen molar-refractivity contribution < 1.29 is 4.79 Å². The summed E-state index contributed by atoms with van der Waals surface area (Å²) in [6.07, 6.45) is 0. The Morgan fingerprint density at radius 3 is 2.44 bits per heavy atom. The molecule has 0 unspecified atom stereocenters. The minimum atomic E-state index is -0.289. The van der Waals surface area contributed by atoms with Crippen LogP contribution in [0.2, 0.25) is 0 Å². The molecule has 0 aliphatic carbocycles. The van der Waals surface area contributed by atoms with Crippen molar-refractivity contribution in [3.8, 4) is 0 Å². The third-order valence-electron chi connectivity index (χ3n) is 3.79. The van der Waals surface area contributed by atoms with Crippen LogP contribution in [0.4, 0.5) is 17.2 Å². The van der Waals surface area contributed by atoms with E-state index >= 15 is 0 Å². The first-order valence-corrected chi connectivity index (χ1v) is 8.54. The van der Waals surface area contributed by atoms with Gasteiger partial charge in [-0.15, -0.1) is 10.2 Å². The van der Waals surface area contributed by atoms with E-state index in [2.05, 4.69) is 31.4 Å². The molecule has 0 aliphatic rings. The molecule has 2 aromatic carbocycles. The molecule has 126 valence electrons. The molecule has 0 radical (unpaired) electrons. The monoisotopic (exact) mass is 396 g/mol. The van der Waals surface area contributed by atoms with Crippen LogP contribution in [0.15, 0.2) is 65.1 Å². The lowest BCUT2D eigenvalue weighted by molar-refractivity contribution is 0.102. The minimum Gasteiger partial charge on any atom is -0.328 e. The summed E-state index contributed by atoms with van der Waals surface area (Å²) in [7, 11) is 1.91. The number of carbonyl (C=O) groups excluding carboxylic acids is 1. The summed E-state index contributed by atoms with van der Waals surface area (Å²) < 4.78 is 0.999. The number of hydrogen-bond acceptors (Lipinski definition) is 4. The smallest absolute Gasteiger partial charge is 0.276 e. The van der Waals surface area contributed by atoms with Gasteiger partial charge >= 0.3 is 0 Å². The second kappa shape index (κ2) is 7.44. The largest absolute Gasteiger partial charge is 0.328 e. The van der Waals surface area contributed by atoms with Crippen LogP contribution in [0.1, 0.15) is 16.1 Å². The molecule has 0 atom stereocenters. The van der Waals surface area contributed by atoms with Gasteiger partial charge in [-0.25, -0.2) is 0 Å². The van der Waals surface area contributed by atoms with Gasteiger partial charge in [0, 0.05) is 22.9 Å². The highest BCUT2D eigenvalue weighted by atomic mass is 79.9. The number of nitrogens with zero attached hydrogens (tertiary/aromatic N) is 3. The Bertz CT molecular complexity index is 882. The number of benzene rings is 2. The highest BCUT2D eigenvalue weighted by molar-refractivity contribution is 9.10. The second-order valence-electron chi connectivity index (χ2n) is 5.59. The molecule has 0 bridgehead atoms. The molecule has 1 heterocycles. The average Bonchev–Trinajstić information content (AvgIpc) is 2.65. The first-order chi connectivity index (χ1) is 12.0. The number of halogens is 1. The van der Waals surface area contributed by atoms with Crippen molar-refractivity contribution in [1.29, 1.82) is 0 Å². The zero-order chi connectivity index (χ0) is 17.8. The second-order valence-corrected chi connectivity index (χ2v) is 6.44. The Morgan fingerprint density at radius 1 is 1.04 bits per heavy atom. The quantitative estimate of drug-likeness (QED) is 0.701. The lowest BCUT2D eigenvalue weighted by Gasteiger charge is -2.17. The van der Waals surface area contributed by atoms with E-state index in [9.17, 15) is 4.79 Å². The van der Waals surface area contributed by atoms with Gasteiger partial charge in [-0.3, -0.25) is 4.79 Å². The molecule has 3 aromatic rings. The zero-order valence-corrected chi connectivity index (χ0v) is 15.5. The van der Waals surface area contributed by atoms with Gasteiger partial charge in [0.1, 0.15) is 0 Å². The van der Waals surface area contributed by atoms with Gasteiger partial charge in [-0.1, -0.05) is 34.1 Å². The molecule has 25 heavy (non-hydrogen) atoms. The predicted octanol–water partition coefficient (Wildman–Crippen LogP) is 4.57. The van der Waals surface area contributed by atoms with Crippen molar-refractivity contribution >= 4 is 39.0 Å². The third kappa shape index (κ3) is 4.03. The third-order valence-corrected chi connectivity index (χ3v) is 4.68. The Kier molecular flexibility index (Phi) is 5.09. The lowest BCUT2D eigenvalue weighted by Crippen LogP contribution is -2.16. The summed E-state index contributed by atoms with van der Waals surface area (Å²) >= 11 is 3.44. The number of carbonyl (C=O) groups is 1. The molecule has 0 spiro atoms. The van der Waals surface area contributed by atoms with Crippen LogP contribution in [0.3, 0.4) is 0 Å². The fraction of sp³-hybridized carbons (Fsp3) is 0.105. The van der Waals surface area contributed by atoms with Gasteiger partial charge < -0.3 is 10.2 Å². The van der Waals surface area contributed by atoms with Crippen molar-refractivity contribution in [2.45, 2.75) is 6.92 Å². The number of para-hydroxylation sites is 1. The number of aromatic nitrogens is 2. The number of nitrogens with one attached hydrogen (secondary N) is 1. The van der Waals surface area contributed by atoms with Crippen LogP contribution < -0.4 is 10.2 Å². The number of anilines is 3. The maximum absolute atomic E-state index is 12.3. The van der Waals surface area contributed by atoms with Crippen LogP contribution in [0, 0.1) is 6.92 Å². The van der Waals surface area contributed by atoms with E-state index < -0.39 is 0 Å². The minimum absolute atomic E-state index is 0.269. The molecular formula is C19H17BrN4O. The summed E-state index contributed by atoms with van der Waals surface area (Å²) in [4.78, 5) is 14.2. The molecule has 0 saturated heterocycles. The Balaban J connectivity index is 1.73. The fourth-order valence-electron chi connectivity index (χ4n) is 2.33. The molecule has 0 fully saturated rings. The summed E-state index contributed by atoms with van der Waals surface area (Å²) in [5.41, 5.74) is 3.03. The van der Waals surface area contributed by atoms with E-state index in [4.69, 9.17) is 0 Å². The molecule has 1 aromatic heterocycles. The van der Waals surface area contributed by atoms with Gasteiger partial charge in [-0.05, 0) is 55.0 Å². The molecular weight excluding hydrogens is 380 g/mol. The summed E-state index contributed by atoms with van der Waals surface area (Å²) in [5, 5.41) is 11.0. The van der Waals surface area contributed by atoms with Crippen molar-refractivity contribution in [3.05, 3.63) is 76.4 Å². The van der Waals surface area contributed by atoms with Crippen LogP contribution in [-0.2, 0) is 0 Å². The molecule has 0 saturated carbocycles. The Hall–Kier alpha value is -2.73. The number of rotatable bonds is 4. The van der Waals surface area contributed by atoms with E-state index in [1.54, 1.807) is 12.1 Å². The van der Waals surface area contributed by atoms with E-state index in [0.29, 0.717) is 5.82 Å². The van der Waals surface area contributed by atoms with E-state index in [-0.39, 0.29) is 11.6 Å². The summed E-state index contributed by atoms with van der Waals surface area (Å²) in [6, 6.07) is 18.9. The number of aryl methyl sites for hydroxylation is 1. The average molecular weight is 397 g/mol.